The number of hydrogen-bond donors (Lipinski definition) is 0. The number of aryl methyl sites for hydroxylation is 3. The monoisotopic (exact) mass is 304 g/mol. The van der Waals surface area contributed by atoms with E-state index >= 15 is 0 Å². The topological polar surface area (TPSA) is 53.2 Å². The molecule has 0 N–H and O–H groups in total. The van der Waals surface area contributed by atoms with Gasteiger partial charge in [0.15, 0.2) is 0 Å². The molecule has 2 rings (SSSR count). The molecule has 2 heterocycles. The Labute approximate surface area is 130 Å². The molecule has 120 valence electrons. The first kappa shape index (κ1) is 16.3. The van der Waals surface area contributed by atoms with Crippen LogP contribution in [0, 0.1) is 20.8 Å². The van der Waals surface area contributed by atoms with Crippen LogP contribution in [0.1, 0.15) is 47.1 Å². The van der Waals surface area contributed by atoms with E-state index in [1.165, 1.54) is 7.11 Å². The minimum absolute atomic E-state index is 0.153. The molecule has 22 heavy (non-hydrogen) atoms. The highest BCUT2D eigenvalue weighted by Crippen LogP contribution is 2.24. The summed E-state index contributed by atoms with van der Waals surface area (Å²) in [5, 5.41) is 0.627. The molecular weight excluding hydrogens is 280 g/mol. The van der Waals surface area contributed by atoms with Crippen LogP contribution < -0.4 is 5.43 Å². The number of pyridine rings is 1. The van der Waals surface area contributed by atoms with Gasteiger partial charge in [0.05, 0.1) is 12.5 Å². The molecule has 0 spiro atoms. The van der Waals surface area contributed by atoms with Gasteiger partial charge in [-0.25, -0.2) is 4.79 Å². The Morgan fingerprint density at radius 3 is 2.36 bits per heavy atom. The Morgan fingerprint density at radius 1 is 1.18 bits per heavy atom. The Morgan fingerprint density at radius 2 is 1.82 bits per heavy atom. The van der Waals surface area contributed by atoms with Crippen LogP contribution in [-0.2, 0) is 18.3 Å². The van der Waals surface area contributed by atoms with Gasteiger partial charge in [-0.1, -0.05) is 13.3 Å². The molecule has 0 saturated heterocycles. The molecule has 0 unspecified atom stereocenters. The number of ether oxygens (including phenoxy) is 1. The molecule has 0 fully saturated rings. The highest BCUT2D eigenvalue weighted by Gasteiger charge is 2.24. The van der Waals surface area contributed by atoms with Gasteiger partial charge in [0, 0.05) is 25.0 Å². The minimum atomic E-state index is -0.560. The van der Waals surface area contributed by atoms with Gasteiger partial charge in [-0.05, 0) is 32.8 Å². The molecular formula is C17H24N2O3. The van der Waals surface area contributed by atoms with E-state index in [0.717, 1.165) is 36.3 Å². The van der Waals surface area contributed by atoms with Crippen molar-refractivity contribution in [1.82, 2.24) is 9.13 Å². The van der Waals surface area contributed by atoms with E-state index in [0.29, 0.717) is 11.1 Å². The van der Waals surface area contributed by atoms with Crippen molar-refractivity contribution in [2.24, 2.45) is 7.05 Å². The van der Waals surface area contributed by atoms with E-state index in [2.05, 4.69) is 11.5 Å². The predicted octanol–water partition coefficient (Wildman–Crippen LogP) is 2.85. The van der Waals surface area contributed by atoms with Crippen molar-refractivity contribution in [3.63, 3.8) is 0 Å². The fraction of sp³-hybridized carbons (Fsp3) is 0.529. The summed E-state index contributed by atoms with van der Waals surface area (Å²) in [5.41, 5.74) is 3.46. The number of aromatic nitrogens is 2. The predicted molar refractivity (Wildman–Crippen MR) is 87.6 cm³/mol. The smallest absolute Gasteiger partial charge is 0.343 e. The van der Waals surface area contributed by atoms with Crippen molar-refractivity contribution in [2.75, 3.05) is 7.11 Å². The quantitative estimate of drug-likeness (QED) is 0.816. The molecule has 5 heteroatoms. The number of unbranched alkanes of at least 4 members (excludes halogenated alkanes) is 1. The van der Waals surface area contributed by atoms with Crippen molar-refractivity contribution < 1.29 is 9.53 Å². The summed E-state index contributed by atoms with van der Waals surface area (Å²) in [4.78, 5) is 24.9. The van der Waals surface area contributed by atoms with Gasteiger partial charge in [0.1, 0.15) is 11.2 Å². The van der Waals surface area contributed by atoms with Gasteiger partial charge in [-0.2, -0.15) is 0 Å². The third-order valence-corrected chi connectivity index (χ3v) is 4.56. The van der Waals surface area contributed by atoms with E-state index < -0.39 is 5.97 Å². The van der Waals surface area contributed by atoms with Gasteiger partial charge in [-0.15, -0.1) is 0 Å². The fourth-order valence-corrected chi connectivity index (χ4v) is 3.03. The van der Waals surface area contributed by atoms with Gasteiger partial charge >= 0.3 is 5.97 Å². The van der Waals surface area contributed by atoms with Gasteiger partial charge < -0.3 is 13.9 Å². The molecule has 0 bridgehead atoms. The maximum absolute atomic E-state index is 12.8. The van der Waals surface area contributed by atoms with E-state index in [1.807, 2.05) is 32.4 Å². The minimum Gasteiger partial charge on any atom is -0.465 e. The van der Waals surface area contributed by atoms with E-state index in [4.69, 9.17) is 4.74 Å². The summed E-state index contributed by atoms with van der Waals surface area (Å²) in [6, 6.07) is 0. The second kappa shape index (κ2) is 5.99. The van der Waals surface area contributed by atoms with Crippen molar-refractivity contribution in [3.05, 3.63) is 32.7 Å². The Balaban J connectivity index is 2.98. The number of methoxy groups -OCH3 is 1. The molecule has 0 radical (unpaired) electrons. The summed E-state index contributed by atoms with van der Waals surface area (Å²) in [6.07, 6.45) is 2.03. The first-order valence-corrected chi connectivity index (χ1v) is 7.64. The zero-order valence-corrected chi connectivity index (χ0v) is 14.2. The van der Waals surface area contributed by atoms with Crippen molar-refractivity contribution in [2.45, 2.75) is 47.1 Å². The van der Waals surface area contributed by atoms with E-state index in [1.54, 1.807) is 0 Å². The first-order chi connectivity index (χ1) is 10.4. The van der Waals surface area contributed by atoms with Crippen LogP contribution in [0.2, 0.25) is 0 Å². The van der Waals surface area contributed by atoms with Crippen LogP contribution in [0.5, 0.6) is 0 Å². The zero-order chi connectivity index (χ0) is 16.6. The van der Waals surface area contributed by atoms with E-state index in [9.17, 15) is 9.59 Å². The van der Waals surface area contributed by atoms with Crippen molar-refractivity contribution in [3.8, 4) is 0 Å². The summed E-state index contributed by atoms with van der Waals surface area (Å²) < 4.78 is 8.94. The lowest BCUT2D eigenvalue weighted by atomic mass is 10.1. The average Bonchev–Trinajstić information content (AvgIpc) is 2.72. The van der Waals surface area contributed by atoms with Crippen molar-refractivity contribution >= 4 is 17.0 Å². The van der Waals surface area contributed by atoms with Crippen LogP contribution in [0.3, 0.4) is 0 Å². The number of carbonyl (C=O) groups is 1. The standard InChI is InChI=1S/C17H24N2O3/c1-7-8-9-19-12(4)14(17(21)22-6)15(20)13-10(2)11(3)18(5)16(13)19/h7-9H2,1-6H3. The molecule has 5 nitrogen and oxygen atoms in total. The largest absolute Gasteiger partial charge is 0.465 e. The third-order valence-electron chi connectivity index (χ3n) is 4.56. The highest BCUT2D eigenvalue weighted by molar-refractivity contribution is 5.96. The maximum atomic E-state index is 12.8. The summed E-state index contributed by atoms with van der Waals surface area (Å²) in [6.45, 7) is 8.64. The molecule has 0 saturated carbocycles. The Bertz CT molecular complexity index is 797. The van der Waals surface area contributed by atoms with Gasteiger partial charge in [-0.3, -0.25) is 4.79 Å². The summed E-state index contributed by atoms with van der Waals surface area (Å²) in [7, 11) is 3.27. The SMILES string of the molecule is CCCCn1c(C)c(C(=O)OC)c(=O)c2c(C)c(C)n(C)c21. The number of hydrogen-bond acceptors (Lipinski definition) is 3. The number of nitrogens with zero attached hydrogens (tertiary/aromatic N) is 2. The Hall–Kier alpha value is -2.04. The highest BCUT2D eigenvalue weighted by atomic mass is 16.5. The summed E-state index contributed by atoms with van der Waals surface area (Å²) >= 11 is 0. The number of rotatable bonds is 4. The van der Waals surface area contributed by atoms with Gasteiger partial charge in [0.2, 0.25) is 5.43 Å². The molecule has 0 aliphatic rings. The van der Waals surface area contributed by atoms with Crippen LogP contribution in [0.15, 0.2) is 4.79 Å². The number of fused-ring (bicyclic) bond motifs is 1. The molecule has 0 aromatic carbocycles. The van der Waals surface area contributed by atoms with Crippen LogP contribution in [0.4, 0.5) is 0 Å². The van der Waals surface area contributed by atoms with Crippen molar-refractivity contribution in [1.29, 1.82) is 0 Å². The zero-order valence-electron chi connectivity index (χ0n) is 14.2. The van der Waals surface area contributed by atoms with E-state index in [-0.39, 0.29) is 11.0 Å². The van der Waals surface area contributed by atoms with Crippen LogP contribution in [0.25, 0.3) is 11.0 Å². The second-order valence-electron chi connectivity index (χ2n) is 5.75. The summed E-state index contributed by atoms with van der Waals surface area (Å²) in [5.74, 6) is -0.560. The van der Waals surface area contributed by atoms with Crippen LogP contribution >= 0.6 is 0 Å². The molecule has 0 aliphatic carbocycles. The average molecular weight is 304 g/mol. The van der Waals surface area contributed by atoms with Gasteiger partial charge in [0.25, 0.3) is 0 Å². The lowest BCUT2D eigenvalue weighted by Crippen LogP contribution is -2.24. The normalized spacial score (nSPS) is 11.2. The fourth-order valence-electron chi connectivity index (χ4n) is 3.03. The second-order valence-corrected chi connectivity index (χ2v) is 5.75. The molecule has 0 atom stereocenters. The lowest BCUT2D eigenvalue weighted by molar-refractivity contribution is 0.0597. The molecule has 2 aromatic heterocycles. The molecule has 2 aromatic rings. The van der Waals surface area contributed by atoms with Crippen LogP contribution in [-0.4, -0.2) is 22.2 Å². The first-order valence-electron chi connectivity index (χ1n) is 7.64. The third kappa shape index (κ3) is 2.25. The molecule has 0 amide bonds. The molecule has 0 aliphatic heterocycles. The lowest BCUT2D eigenvalue weighted by Gasteiger charge is -2.17. The number of carbonyl (C=O) groups excluding carboxylic acids is 1. The number of esters is 1. The maximum Gasteiger partial charge on any atom is 0.343 e. The Kier molecular flexibility index (Phi) is 4.44.